The van der Waals surface area contributed by atoms with E-state index in [1.54, 1.807) is 35.2 Å². The number of nitrogens with zero attached hydrogens (tertiary/aromatic N) is 1. The van der Waals surface area contributed by atoms with Gasteiger partial charge in [0.25, 0.3) is 0 Å². The Hall–Kier alpha value is -3.35. The third-order valence-corrected chi connectivity index (χ3v) is 4.50. The van der Waals surface area contributed by atoms with Gasteiger partial charge in [0.05, 0.1) is 30.9 Å². The average Bonchev–Trinajstić information content (AvgIpc) is 3.10. The highest BCUT2D eigenvalue weighted by molar-refractivity contribution is 6.04. The zero-order chi connectivity index (χ0) is 20.1. The Morgan fingerprint density at radius 2 is 1.96 bits per heavy atom. The molecule has 28 heavy (non-hydrogen) atoms. The number of ether oxygens (including phenoxy) is 2. The van der Waals surface area contributed by atoms with Gasteiger partial charge in [0.2, 0.25) is 11.8 Å². The molecule has 1 heterocycles. The van der Waals surface area contributed by atoms with Gasteiger partial charge in [0.1, 0.15) is 5.75 Å². The Balaban J connectivity index is 1.72. The number of carbonyl (C=O) groups is 3. The lowest BCUT2D eigenvalue weighted by atomic mass is 10.1. The van der Waals surface area contributed by atoms with Crippen LogP contribution in [0.4, 0.5) is 11.4 Å². The molecule has 0 saturated carbocycles. The molecule has 0 bridgehead atoms. The molecule has 1 aliphatic rings. The summed E-state index contributed by atoms with van der Waals surface area (Å²) >= 11 is 0. The molecule has 1 aliphatic heterocycles. The van der Waals surface area contributed by atoms with Gasteiger partial charge in [-0.15, -0.1) is 0 Å². The van der Waals surface area contributed by atoms with Crippen LogP contribution in [0.1, 0.15) is 23.7 Å². The third-order valence-electron chi connectivity index (χ3n) is 4.50. The number of hydrogen-bond acceptors (Lipinski definition) is 5. The molecule has 7 heteroatoms. The highest BCUT2D eigenvalue weighted by Gasteiger charge is 2.36. The maximum atomic E-state index is 12.7. The molecule has 1 saturated heterocycles. The molecule has 0 spiro atoms. The average molecular weight is 382 g/mol. The molecule has 2 aromatic carbocycles. The summed E-state index contributed by atoms with van der Waals surface area (Å²) in [5.41, 5.74) is 1.49. The van der Waals surface area contributed by atoms with Gasteiger partial charge in [-0.2, -0.15) is 0 Å². The van der Waals surface area contributed by atoms with Crippen LogP contribution in [0.5, 0.6) is 5.75 Å². The lowest BCUT2D eigenvalue weighted by Gasteiger charge is -2.20. The fourth-order valence-electron chi connectivity index (χ4n) is 3.16. The molecule has 2 amide bonds. The van der Waals surface area contributed by atoms with Crippen LogP contribution in [-0.4, -0.2) is 38.0 Å². The smallest absolute Gasteiger partial charge is 0.337 e. The van der Waals surface area contributed by atoms with Crippen LogP contribution >= 0.6 is 0 Å². The van der Waals surface area contributed by atoms with Crippen molar-refractivity contribution in [3.05, 3.63) is 54.1 Å². The Bertz CT molecular complexity index is 896. The molecule has 1 N–H and O–H groups in total. The Kier molecular flexibility index (Phi) is 5.93. The van der Waals surface area contributed by atoms with E-state index in [4.69, 9.17) is 4.74 Å². The Morgan fingerprint density at radius 1 is 1.18 bits per heavy atom. The second-order valence-electron chi connectivity index (χ2n) is 6.37. The van der Waals surface area contributed by atoms with Crippen molar-refractivity contribution in [3.8, 4) is 5.75 Å². The first kappa shape index (κ1) is 19.4. The van der Waals surface area contributed by atoms with Gasteiger partial charge in [-0.05, 0) is 37.3 Å². The molecule has 1 atom stereocenters. The van der Waals surface area contributed by atoms with E-state index in [1.165, 1.54) is 7.11 Å². The normalized spacial score (nSPS) is 16.0. The van der Waals surface area contributed by atoms with E-state index >= 15 is 0 Å². The maximum Gasteiger partial charge on any atom is 0.337 e. The monoisotopic (exact) mass is 382 g/mol. The Labute approximate surface area is 163 Å². The SMILES string of the molecule is CCOc1ccccc1N1CC(C(=O)Nc2cccc(C(=O)OC)c2)CC1=O. The molecule has 2 aromatic rings. The van der Waals surface area contributed by atoms with Crippen LogP contribution in [0.25, 0.3) is 0 Å². The van der Waals surface area contributed by atoms with Crippen molar-refractivity contribution in [2.75, 3.05) is 30.5 Å². The second-order valence-corrected chi connectivity index (χ2v) is 6.37. The molecule has 146 valence electrons. The van der Waals surface area contributed by atoms with Crippen LogP contribution < -0.4 is 15.0 Å². The zero-order valence-electron chi connectivity index (χ0n) is 15.8. The van der Waals surface area contributed by atoms with Crippen LogP contribution in [0.2, 0.25) is 0 Å². The summed E-state index contributed by atoms with van der Waals surface area (Å²) < 4.78 is 10.3. The number of carbonyl (C=O) groups excluding carboxylic acids is 3. The van der Waals surface area contributed by atoms with Crippen molar-refractivity contribution in [2.45, 2.75) is 13.3 Å². The zero-order valence-corrected chi connectivity index (χ0v) is 15.8. The van der Waals surface area contributed by atoms with Gasteiger partial charge < -0.3 is 19.7 Å². The molecule has 7 nitrogen and oxygen atoms in total. The third kappa shape index (κ3) is 4.14. The van der Waals surface area contributed by atoms with Crippen LogP contribution in [0, 0.1) is 5.92 Å². The summed E-state index contributed by atoms with van der Waals surface area (Å²) in [5, 5.41) is 2.78. The van der Waals surface area contributed by atoms with Crippen molar-refractivity contribution in [3.63, 3.8) is 0 Å². The molecule has 0 aromatic heterocycles. The van der Waals surface area contributed by atoms with Crippen LogP contribution in [-0.2, 0) is 14.3 Å². The number of esters is 1. The number of para-hydroxylation sites is 2. The van der Waals surface area contributed by atoms with E-state index in [1.807, 2.05) is 25.1 Å². The van der Waals surface area contributed by atoms with E-state index in [2.05, 4.69) is 10.1 Å². The minimum atomic E-state index is -0.496. The first-order valence-electron chi connectivity index (χ1n) is 9.05. The fraction of sp³-hybridized carbons (Fsp3) is 0.286. The van der Waals surface area contributed by atoms with Gasteiger partial charge >= 0.3 is 5.97 Å². The van der Waals surface area contributed by atoms with Gasteiger partial charge in [-0.1, -0.05) is 18.2 Å². The van der Waals surface area contributed by atoms with E-state index in [-0.39, 0.29) is 24.8 Å². The molecule has 0 radical (unpaired) electrons. The highest BCUT2D eigenvalue weighted by atomic mass is 16.5. The summed E-state index contributed by atoms with van der Waals surface area (Å²) in [6, 6.07) is 13.8. The number of benzene rings is 2. The van der Waals surface area contributed by atoms with Gasteiger partial charge in [0.15, 0.2) is 0 Å². The van der Waals surface area contributed by atoms with Crippen LogP contribution in [0.15, 0.2) is 48.5 Å². The first-order valence-corrected chi connectivity index (χ1v) is 9.05. The summed E-state index contributed by atoms with van der Waals surface area (Å²) in [6.45, 7) is 2.63. The summed E-state index contributed by atoms with van der Waals surface area (Å²) in [4.78, 5) is 38.4. The van der Waals surface area contributed by atoms with Crippen molar-refractivity contribution in [1.82, 2.24) is 0 Å². The van der Waals surface area contributed by atoms with E-state index < -0.39 is 11.9 Å². The topological polar surface area (TPSA) is 84.9 Å². The van der Waals surface area contributed by atoms with Gasteiger partial charge in [0, 0.05) is 18.7 Å². The lowest BCUT2D eigenvalue weighted by molar-refractivity contribution is -0.122. The van der Waals surface area contributed by atoms with Crippen molar-refractivity contribution in [2.24, 2.45) is 5.92 Å². The predicted octanol–water partition coefficient (Wildman–Crippen LogP) is 2.86. The molecule has 0 aliphatic carbocycles. The summed E-state index contributed by atoms with van der Waals surface area (Å²) in [6.07, 6.45) is 0.114. The number of nitrogens with one attached hydrogen (secondary N) is 1. The number of methoxy groups -OCH3 is 1. The summed E-state index contributed by atoms with van der Waals surface area (Å²) in [7, 11) is 1.30. The standard InChI is InChI=1S/C21H22N2O5/c1-3-28-18-10-5-4-9-17(18)23-13-15(12-19(23)24)20(25)22-16-8-6-7-14(11-16)21(26)27-2/h4-11,15H,3,12-13H2,1-2H3,(H,22,25). The highest BCUT2D eigenvalue weighted by Crippen LogP contribution is 2.33. The van der Waals surface area contributed by atoms with E-state index in [0.717, 1.165) is 0 Å². The lowest BCUT2D eigenvalue weighted by Crippen LogP contribution is -2.28. The Morgan fingerprint density at radius 3 is 2.71 bits per heavy atom. The van der Waals surface area contributed by atoms with E-state index in [9.17, 15) is 14.4 Å². The quantitative estimate of drug-likeness (QED) is 0.777. The second kappa shape index (κ2) is 8.56. The number of rotatable bonds is 6. The van der Waals surface area contributed by atoms with Crippen LogP contribution in [0.3, 0.4) is 0 Å². The molecule has 1 unspecified atom stereocenters. The maximum absolute atomic E-state index is 12.7. The predicted molar refractivity (Wildman–Crippen MR) is 104 cm³/mol. The number of anilines is 2. The van der Waals surface area contributed by atoms with E-state index in [0.29, 0.717) is 29.3 Å². The number of amides is 2. The first-order chi connectivity index (χ1) is 13.5. The molecular weight excluding hydrogens is 360 g/mol. The molecule has 3 rings (SSSR count). The summed E-state index contributed by atoms with van der Waals surface area (Å²) in [5.74, 6) is -0.762. The minimum Gasteiger partial charge on any atom is -0.492 e. The molecular formula is C21H22N2O5. The minimum absolute atomic E-state index is 0.114. The van der Waals surface area contributed by atoms with Crippen molar-refractivity contribution >= 4 is 29.2 Å². The van der Waals surface area contributed by atoms with Crippen molar-refractivity contribution < 1.29 is 23.9 Å². The van der Waals surface area contributed by atoms with Gasteiger partial charge in [-0.25, -0.2) is 4.79 Å². The largest absolute Gasteiger partial charge is 0.492 e. The molecule has 1 fully saturated rings. The van der Waals surface area contributed by atoms with Gasteiger partial charge in [-0.3, -0.25) is 9.59 Å². The fourth-order valence-corrected chi connectivity index (χ4v) is 3.16. The van der Waals surface area contributed by atoms with Crippen molar-refractivity contribution in [1.29, 1.82) is 0 Å². The number of hydrogen-bond donors (Lipinski definition) is 1.